The Balaban J connectivity index is 2.58. The number of benzene rings is 1. The molecule has 0 amide bonds. The molecule has 0 fully saturated rings. The molecule has 0 bridgehead atoms. The van der Waals surface area contributed by atoms with Crippen LogP contribution in [0.5, 0.6) is 0 Å². The van der Waals surface area contributed by atoms with Crippen molar-refractivity contribution in [3.8, 4) is 0 Å². The number of halogens is 1. The standard InChI is InChI=1S/C12H17Cl/c1-3-10(2)8-11-4-6-12(9-13)7-5-11/h4-7,10H,3,8-9H2,1-2H3. The first kappa shape index (κ1) is 10.6. The smallest absolute Gasteiger partial charge is 0.0474 e. The molecule has 72 valence electrons. The Hall–Kier alpha value is -0.490. The molecule has 0 aromatic heterocycles. The van der Waals surface area contributed by atoms with Crippen molar-refractivity contribution in [2.45, 2.75) is 32.6 Å². The first-order valence-corrected chi connectivity index (χ1v) is 5.43. The fraction of sp³-hybridized carbons (Fsp3) is 0.500. The summed E-state index contributed by atoms with van der Waals surface area (Å²) in [5.41, 5.74) is 2.62. The van der Waals surface area contributed by atoms with E-state index in [1.807, 2.05) is 0 Å². The molecule has 0 saturated carbocycles. The summed E-state index contributed by atoms with van der Waals surface area (Å²) in [6.07, 6.45) is 2.43. The third-order valence-electron chi connectivity index (χ3n) is 2.46. The average molecular weight is 197 g/mol. The van der Waals surface area contributed by atoms with Crippen molar-refractivity contribution in [2.24, 2.45) is 5.92 Å². The normalized spacial score (nSPS) is 12.8. The van der Waals surface area contributed by atoms with Gasteiger partial charge in [-0.3, -0.25) is 0 Å². The van der Waals surface area contributed by atoms with Crippen LogP contribution in [0.15, 0.2) is 24.3 Å². The summed E-state index contributed by atoms with van der Waals surface area (Å²) in [5.74, 6) is 1.39. The van der Waals surface area contributed by atoms with Gasteiger partial charge in [0.25, 0.3) is 0 Å². The van der Waals surface area contributed by atoms with Gasteiger partial charge in [0.2, 0.25) is 0 Å². The second-order valence-electron chi connectivity index (χ2n) is 3.67. The minimum atomic E-state index is 0.615. The van der Waals surface area contributed by atoms with E-state index in [9.17, 15) is 0 Å². The van der Waals surface area contributed by atoms with Crippen LogP contribution in [-0.2, 0) is 12.3 Å². The predicted octanol–water partition coefficient (Wildman–Crippen LogP) is 4.01. The number of hydrogen-bond donors (Lipinski definition) is 0. The molecule has 0 spiro atoms. The van der Waals surface area contributed by atoms with E-state index in [2.05, 4.69) is 38.1 Å². The number of hydrogen-bond acceptors (Lipinski definition) is 0. The van der Waals surface area contributed by atoms with Crippen LogP contribution < -0.4 is 0 Å². The minimum absolute atomic E-state index is 0.615. The fourth-order valence-electron chi connectivity index (χ4n) is 1.31. The van der Waals surface area contributed by atoms with Gasteiger partial charge in [0.15, 0.2) is 0 Å². The Morgan fingerprint density at radius 2 is 1.69 bits per heavy atom. The second-order valence-corrected chi connectivity index (χ2v) is 3.93. The van der Waals surface area contributed by atoms with Crippen molar-refractivity contribution in [3.05, 3.63) is 35.4 Å². The van der Waals surface area contributed by atoms with E-state index >= 15 is 0 Å². The number of alkyl halides is 1. The lowest BCUT2D eigenvalue weighted by Gasteiger charge is -2.08. The zero-order valence-corrected chi connectivity index (χ0v) is 9.14. The third-order valence-corrected chi connectivity index (χ3v) is 2.77. The maximum absolute atomic E-state index is 5.71. The van der Waals surface area contributed by atoms with Crippen molar-refractivity contribution < 1.29 is 0 Å². The Labute approximate surface area is 85.9 Å². The first-order valence-electron chi connectivity index (χ1n) is 4.90. The molecular weight excluding hydrogens is 180 g/mol. The Morgan fingerprint density at radius 3 is 2.15 bits per heavy atom. The lowest BCUT2D eigenvalue weighted by Crippen LogP contribution is -1.97. The molecule has 0 radical (unpaired) electrons. The number of rotatable bonds is 4. The molecule has 1 unspecified atom stereocenters. The van der Waals surface area contributed by atoms with Crippen molar-refractivity contribution in [1.82, 2.24) is 0 Å². The van der Waals surface area contributed by atoms with E-state index in [4.69, 9.17) is 11.6 Å². The molecule has 0 aliphatic heterocycles. The molecule has 0 saturated heterocycles. The maximum Gasteiger partial charge on any atom is 0.0474 e. The van der Waals surface area contributed by atoms with Crippen LogP contribution in [0.4, 0.5) is 0 Å². The molecule has 1 aromatic carbocycles. The highest BCUT2D eigenvalue weighted by Crippen LogP contribution is 2.13. The molecule has 0 N–H and O–H groups in total. The van der Waals surface area contributed by atoms with Gasteiger partial charge in [0.1, 0.15) is 0 Å². The van der Waals surface area contributed by atoms with E-state index < -0.39 is 0 Å². The summed E-state index contributed by atoms with van der Waals surface area (Å²) in [6, 6.07) is 8.60. The van der Waals surface area contributed by atoms with Gasteiger partial charge < -0.3 is 0 Å². The minimum Gasteiger partial charge on any atom is -0.122 e. The van der Waals surface area contributed by atoms with Crippen LogP contribution in [0.3, 0.4) is 0 Å². The maximum atomic E-state index is 5.71. The molecule has 1 heteroatoms. The molecule has 0 aliphatic carbocycles. The van der Waals surface area contributed by atoms with E-state index in [1.165, 1.54) is 24.0 Å². The van der Waals surface area contributed by atoms with Crippen LogP contribution in [-0.4, -0.2) is 0 Å². The van der Waals surface area contributed by atoms with E-state index in [0.717, 1.165) is 5.92 Å². The van der Waals surface area contributed by atoms with Crippen molar-refractivity contribution in [1.29, 1.82) is 0 Å². The van der Waals surface area contributed by atoms with Crippen LogP contribution in [0.25, 0.3) is 0 Å². The van der Waals surface area contributed by atoms with E-state index in [-0.39, 0.29) is 0 Å². The zero-order chi connectivity index (χ0) is 9.68. The molecule has 1 rings (SSSR count). The fourth-order valence-corrected chi connectivity index (χ4v) is 1.49. The highest BCUT2D eigenvalue weighted by molar-refractivity contribution is 6.17. The van der Waals surface area contributed by atoms with Gasteiger partial charge >= 0.3 is 0 Å². The average Bonchev–Trinajstić information content (AvgIpc) is 2.19. The molecule has 1 aromatic rings. The first-order chi connectivity index (χ1) is 6.26. The van der Waals surface area contributed by atoms with Crippen molar-refractivity contribution in [3.63, 3.8) is 0 Å². The van der Waals surface area contributed by atoms with Gasteiger partial charge in [0.05, 0.1) is 0 Å². The summed E-state index contributed by atoms with van der Waals surface area (Å²) in [6.45, 7) is 4.52. The highest BCUT2D eigenvalue weighted by Gasteiger charge is 2.00. The Kier molecular flexibility index (Phi) is 4.31. The quantitative estimate of drug-likeness (QED) is 0.639. The molecule has 0 nitrogen and oxygen atoms in total. The summed E-state index contributed by atoms with van der Waals surface area (Å²) in [5, 5.41) is 0. The summed E-state index contributed by atoms with van der Waals surface area (Å²) < 4.78 is 0. The van der Waals surface area contributed by atoms with Gasteiger partial charge in [-0.1, -0.05) is 44.5 Å². The molecular formula is C12H17Cl. The van der Waals surface area contributed by atoms with Gasteiger partial charge in [0, 0.05) is 5.88 Å². The molecule has 1 atom stereocenters. The van der Waals surface area contributed by atoms with Crippen LogP contribution in [0, 0.1) is 5.92 Å². The van der Waals surface area contributed by atoms with Crippen LogP contribution in [0.1, 0.15) is 31.4 Å². The summed E-state index contributed by atoms with van der Waals surface area (Å²) in [4.78, 5) is 0. The largest absolute Gasteiger partial charge is 0.122 e. The zero-order valence-electron chi connectivity index (χ0n) is 8.39. The second kappa shape index (κ2) is 5.29. The third kappa shape index (κ3) is 3.40. The highest BCUT2D eigenvalue weighted by atomic mass is 35.5. The predicted molar refractivity (Wildman–Crippen MR) is 59.2 cm³/mol. The monoisotopic (exact) mass is 196 g/mol. The van der Waals surface area contributed by atoms with Crippen molar-refractivity contribution in [2.75, 3.05) is 0 Å². The molecule has 0 heterocycles. The van der Waals surface area contributed by atoms with E-state index in [0.29, 0.717) is 5.88 Å². The van der Waals surface area contributed by atoms with Gasteiger partial charge in [-0.25, -0.2) is 0 Å². The molecule has 13 heavy (non-hydrogen) atoms. The summed E-state index contributed by atoms with van der Waals surface area (Å²) >= 11 is 5.71. The van der Waals surface area contributed by atoms with E-state index in [1.54, 1.807) is 0 Å². The van der Waals surface area contributed by atoms with Crippen LogP contribution in [0.2, 0.25) is 0 Å². The van der Waals surface area contributed by atoms with Gasteiger partial charge in [-0.15, -0.1) is 11.6 Å². The topological polar surface area (TPSA) is 0 Å². The summed E-state index contributed by atoms with van der Waals surface area (Å²) in [7, 11) is 0. The SMILES string of the molecule is CCC(C)Cc1ccc(CCl)cc1. The Bertz CT molecular complexity index is 238. The lowest BCUT2D eigenvalue weighted by atomic mass is 9.98. The van der Waals surface area contributed by atoms with Crippen LogP contribution >= 0.6 is 11.6 Å². The van der Waals surface area contributed by atoms with Gasteiger partial charge in [-0.2, -0.15) is 0 Å². The van der Waals surface area contributed by atoms with Crippen molar-refractivity contribution >= 4 is 11.6 Å². The Morgan fingerprint density at radius 1 is 1.15 bits per heavy atom. The lowest BCUT2D eigenvalue weighted by molar-refractivity contribution is 0.560. The molecule has 0 aliphatic rings. The van der Waals surface area contributed by atoms with Gasteiger partial charge in [-0.05, 0) is 23.5 Å².